The average molecular weight is 637 g/mol. The maximum Gasteiger partial charge on any atom is 0.294 e. The van der Waals surface area contributed by atoms with Crippen LogP contribution in [0, 0.1) is 22.0 Å². The molecule has 0 spiro atoms. The second kappa shape index (κ2) is 10.4. The number of rotatable bonds is 6. The number of imide groups is 1. The van der Waals surface area contributed by atoms with E-state index in [0.717, 1.165) is 22.1 Å². The number of carbonyl (C=O) groups is 3. The van der Waals surface area contributed by atoms with Gasteiger partial charge in [0, 0.05) is 11.1 Å². The number of nitrogens with zero attached hydrogens (tertiary/aromatic N) is 2. The van der Waals surface area contributed by atoms with Crippen LogP contribution >= 0.6 is 11.6 Å². The molecule has 1 saturated heterocycles. The van der Waals surface area contributed by atoms with Crippen LogP contribution in [0.4, 0.5) is 11.4 Å². The number of amides is 2. The average Bonchev–Trinajstić information content (AvgIpc) is 3.62. The van der Waals surface area contributed by atoms with Crippen molar-refractivity contribution in [3.8, 4) is 0 Å². The Balaban J connectivity index is 1.55. The van der Waals surface area contributed by atoms with Gasteiger partial charge in [0.05, 0.1) is 27.6 Å². The summed E-state index contributed by atoms with van der Waals surface area (Å²) >= 11 is 6.15. The summed E-state index contributed by atoms with van der Waals surface area (Å²) in [6.07, 6.45) is 0. The second-order valence-electron chi connectivity index (χ2n) is 12.0. The highest BCUT2D eigenvalue weighted by atomic mass is 35.5. The van der Waals surface area contributed by atoms with Crippen LogP contribution in [0.15, 0.2) is 140 Å². The predicted molar refractivity (Wildman–Crippen MR) is 179 cm³/mol. The van der Waals surface area contributed by atoms with Crippen LogP contribution in [0.5, 0.6) is 0 Å². The fraction of sp³-hybridized carbons (Fsp3) is 0.103. The Morgan fingerprint density at radius 3 is 1.40 bits per heavy atom. The molecule has 228 valence electrons. The number of benzene rings is 5. The SMILES string of the molecule is O=C1[C@@H]2[C@H](C(=O)N1c1ccc(Cl)cc1[N+](=O)[O-])[C@@]1(c3ccccc3)C(=O)[C@@]2(c2ccccc2)C(c2ccccc2)=C1c1ccccc1. The van der Waals surface area contributed by atoms with Gasteiger partial charge in [-0.2, -0.15) is 0 Å². The summed E-state index contributed by atoms with van der Waals surface area (Å²) in [5, 5.41) is 12.4. The van der Waals surface area contributed by atoms with E-state index < -0.39 is 45.1 Å². The standard InChI is InChI=1S/C39H25ClN2O5/c40-28-21-22-29(30(23-28)42(46)47)41-35(43)33-34(36(41)44)39(27-19-11-4-12-20-27)32(25-15-7-2-8-16-25)31(24-13-5-1-6-14-24)38(33,37(39)45)26-17-9-3-10-18-26/h1-23,33-34H/t33-,34+,38-,39-/m0/s1. The van der Waals surface area contributed by atoms with Crippen LogP contribution in [0.25, 0.3) is 11.1 Å². The van der Waals surface area contributed by atoms with E-state index >= 15 is 14.4 Å². The molecule has 47 heavy (non-hydrogen) atoms. The minimum atomic E-state index is -1.60. The van der Waals surface area contributed by atoms with E-state index in [-0.39, 0.29) is 16.5 Å². The van der Waals surface area contributed by atoms with Crippen LogP contribution in [-0.4, -0.2) is 22.5 Å². The molecule has 8 heteroatoms. The lowest BCUT2D eigenvalue weighted by Gasteiger charge is -2.39. The third kappa shape index (κ3) is 3.66. The van der Waals surface area contributed by atoms with Gasteiger partial charge in [-0.25, -0.2) is 4.90 Å². The van der Waals surface area contributed by atoms with Gasteiger partial charge in [0.25, 0.3) is 5.69 Å². The summed E-state index contributed by atoms with van der Waals surface area (Å²) in [7, 11) is 0. The minimum absolute atomic E-state index is 0.0934. The molecule has 1 saturated carbocycles. The Hall–Kier alpha value is -5.66. The number of Topliss-reactive ketones (excluding diaryl/α,β-unsaturated/α-hetero) is 1. The van der Waals surface area contributed by atoms with Crippen LogP contribution in [0.1, 0.15) is 22.3 Å². The minimum Gasteiger partial charge on any atom is -0.297 e. The Morgan fingerprint density at radius 2 is 1.00 bits per heavy atom. The van der Waals surface area contributed by atoms with Crippen molar-refractivity contribution in [3.05, 3.63) is 177 Å². The zero-order valence-corrected chi connectivity index (χ0v) is 25.5. The van der Waals surface area contributed by atoms with Crippen molar-refractivity contribution >= 4 is 51.7 Å². The molecule has 2 aliphatic carbocycles. The third-order valence-electron chi connectivity index (χ3n) is 9.95. The van der Waals surface area contributed by atoms with Gasteiger partial charge in [-0.15, -0.1) is 0 Å². The van der Waals surface area contributed by atoms with E-state index in [1.807, 2.05) is 121 Å². The Labute approximate surface area is 274 Å². The number of hydrogen-bond donors (Lipinski definition) is 0. The summed E-state index contributed by atoms with van der Waals surface area (Å²) in [4.78, 5) is 58.5. The number of nitro groups is 1. The number of carbonyl (C=O) groups excluding carboxylic acids is 3. The second-order valence-corrected chi connectivity index (χ2v) is 12.5. The molecule has 2 amide bonds. The fourth-order valence-electron chi connectivity index (χ4n) is 8.40. The Kier molecular flexibility index (Phi) is 6.39. The Morgan fingerprint density at radius 1 is 0.596 bits per heavy atom. The molecule has 1 aliphatic heterocycles. The van der Waals surface area contributed by atoms with Gasteiger partial charge in [0.1, 0.15) is 5.69 Å². The summed E-state index contributed by atoms with van der Waals surface area (Å²) in [5.41, 5.74) is 0.107. The smallest absolute Gasteiger partial charge is 0.294 e. The molecule has 2 fully saturated rings. The molecule has 0 aromatic heterocycles. The third-order valence-corrected chi connectivity index (χ3v) is 10.2. The van der Waals surface area contributed by atoms with E-state index in [2.05, 4.69) is 0 Å². The molecular weight excluding hydrogens is 612 g/mol. The summed E-state index contributed by atoms with van der Waals surface area (Å²) in [6.45, 7) is 0. The summed E-state index contributed by atoms with van der Waals surface area (Å²) in [5.74, 6) is -3.98. The van der Waals surface area contributed by atoms with E-state index in [0.29, 0.717) is 22.3 Å². The first-order valence-electron chi connectivity index (χ1n) is 15.2. The molecule has 0 radical (unpaired) electrons. The largest absolute Gasteiger partial charge is 0.297 e. The lowest BCUT2D eigenvalue weighted by Crippen LogP contribution is -2.45. The topological polar surface area (TPSA) is 97.6 Å². The van der Waals surface area contributed by atoms with Crippen molar-refractivity contribution in [1.82, 2.24) is 0 Å². The lowest BCUT2D eigenvalue weighted by molar-refractivity contribution is -0.384. The first kappa shape index (κ1) is 28.8. The molecular formula is C39H25ClN2O5. The van der Waals surface area contributed by atoms with E-state index in [9.17, 15) is 10.1 Å². The van der Waals surface area contributed by atoms with Crippen LogP contribution < -0.4 is 4.90 Å². The number of ketones is 1. The van der Waals surface area contributed by atoms with Crippen molar-refractivity contribution in [3.63, 3.8) is 0 Å². The highest BCUT2D eigenvalue weighted by Crippen LogP contribution is 2.74. The molecule has 1 heterocycles. The highest BCUT2D eigenvalue weighted by Gasteiger charge is 2.83. The first-order chi connectivity index (χ1) is 22.8. The van der Waals surface area contributed by atoms with Gasteiger partial charge in [-0.3, -0.25) is 24.5 Å². The number of allylic oxidation sites excluding steroid dienone is 2. The van der Waals surface area contributed by atoms with Gasteiger partial charge < -0.3 is 0 Å². The number of anilines is 1. The molecule has 8 rings (SSSR count). The van der Waals surface area contributed by atoms with Gasteiger partial charge in [-0.1, -0.05) is 133 Å². The fourth-order valence-corrected chi connectivity index (χ4v) is 8.57. The zero-order valence-electron chi connectivity index (χ0n) is 24.7. The molecule has 0 unspecified atom stereocenters. The number of nitro benzene ring substituents is 1. The molecule has 5 aromatic rings. The van der Waals surface area contributed by atoms with Crippen molar-refractivity contribution in [2.24, 2.45) is 11.8 Å². The van der Waals surface area contributed by atoms with Gasteiger partial charge in [0.15, 0.2) is 5.78 Å². The predicted octanol–water partition coefficient (Wildman–Crippen LogP) is 7.44. The van der Waals surface area contributed by atoms with Crippen LogP contribution in [0.2, 0.25) is 5.02 Å². The molecule has 5 aromatic carbocycles. The molecule has 4 atom stereocenters. The lowest BCUT2D eigenvalue weighted by atomic mass is 9.59. The van der Waals surface area contributed by atoms with Gasteiger partial charge in [-0.05, 0) is 45.5 Å². The van der Waals surface area contributed by atoms with Crippen molar-refractivity contribution < 1.29 is 19.3 Å². The van der Waals surface area contributed by atoms with Gasteiger partial charge >= 0.3 is 0 Å². The first-order valence-corrected chi connectivity index (χ1v) is 15.6. The maximum atomic E-state index is 15.9. The zero-order chi connectivity index (χ0) is 32.5. The number of halogens is 1. The maximum absolute atomic E-state index is 15.9. The van der Waals surface area contributed by atoms with Gasteiger partial charge in [0.2, 0.25) is 11.8 Å². The van der Waals surface area contributed by atoms with E-state index in [4.69, 9.17) is 11.6 Å². The van der Waals surface area contributed by atoms with Crippen LogP contribution in [-0.2, 0) is 25.2 Å². The molecule has 3 aliphatic rings. The monoisotopic (exact) mass is 636 g/mol. The van der Waals surface area contributed by atoms with Crippen molar-refractivity contribution in [1.29, 1.82) is 0 Å². The van der Waals surface area contributed by atoms with Crippen molar-refractivity contribution in [2.45, 2.75) is 10.8 Å². The number of fused-ring (bicyclic) bond motifs is 5. The summed E-state index contributed by atoms with van der Waals surface area (Å²) < 4.78 is 0. The van der Waals surface area contributed by atoms with E-state index in [1.165, 1.54) is 12.1 Å². The Bertz CT molecular complexity index is 2030. The molecule has 0 N–H and O–H groups in total. The molecule has 2 bridgehead atoms. The highest BCUT2D eigenvalue weighted by molar-refractivity contribution is 6.39. The van der Waals surface area contributed by atoms with Crippen molar-refractivity contribution in [2.75, 3.05) is 4.90 Å². The normalized spacial score (nSPS) is 24.6. The quantitative estimate of drug-likeness (QED) is 0.110. The number of hydrogen-bond acceptors (Lipinski definition) is 5. The molecule has 7 nitrogen and oxygen atoms in total. The van der Waals surface area contributed by atoms with Crippen LogP contribution in [0.3, 0.4) is 0 Å². The van der Waals surface area contributed by atoms with E-state index in [1.54, 1.807) is 0 Å². The summed E-state index contributed by atoms with van der Waals surface area (Å²) in [6, 6.07) is 41.2.